The number of rotatable bonds is 7. The molecule has 2 heterocycles. The van der Waals surface area contributed by atoms with Crippen LogP contribution < -0.4 is 14.9 Å². The molecule has 52 heavy (non-hydrogen) atoms. The summed E-state index contributed by atoms with van der Waals surface area (Å²) in [6.45, 7) is 0. The lowest BCUT2D eigenvalue weighted by molar-refractivity contribution is -0.140. The van der Waals surface area contributed by atoms with Crippen LogP contribution in [0, 0.1) is 35.4 Å². The Morgan fingerprint density at radius 2 is 1.60 bits per heavy atom. The normalized spacial score (nSPS) is 26.6. The van der Waals surface area contributed by atoms with Crippen molar-refractivity contribution in [3.63, 3.8) is 0 Å². The highest BCUT2D eigenvalue weighted by Gasteiger charge is 2.70. The second kappa shape index (κ2) is 13.1. The van der Waals surface area contributed by atoms with E-state index >= 15 is 4.79 Å². The molecule has 2 aliphatic heterocycles. The molecule has 14 heteroatoms. The number of hydrazine groups is 1. The summed E-state index contributed by atoms with van der Waals surface area (Å²) in [5.41, 5.74) is 3.20. The van der Waals surface area contributed by atoms with E-state index in [4.69, 9.17) is 25.8 Å². The van der Waals surface area contributed by atoms with E-state index < -0.39 is 70.5 Å². The summed E-state index contributed by atoms with van der Waals surface area (Å²) in [5.74, 6) is -7.65. The number of fused-ring (bicyclic) bond motifs is 4. The molecule has 3 aromatic rings. The van der Waals surface area contributed by atoms with E-state index in [-0.39, 0.29) is 35.8 Å². The van der Waals surface area contributed by atoms with Crippen molar-refractivity contribution >= 4 is 53.1 Å². The van der Waals surface area contributed by atoms with E-state index in [0.717, 1.165) is 12.1 Å². The number of anilines is 1. The summed E-state index contributed by atoms with van der Waals surface area (Å²) >= 11 is 6.32. The van der Waals surface area contributed by atoms with Gasteiger partial charge in [-0.15, -0.1) is 0 Å². The number of nitrogens with one attached hydrogen (secondary N) is 1. The molecule has 4 aliphatic rings. The Balaban J connectivity index is 1.43. The van der Waals surface area contributed by atoms with Crippen LogP contribution in [0.3, 0.4) is 0 Å². The van der Waals surface area contributed by atoms with Gasteiger partial charge in [-0.05, 0) is 78.4 Å². The van der Waals surface area contributed by atoms with Crippen LogP contribution in [-0.2, 0) is 29.3 Å². The minimum Gasteiger partial charge on any atom is -0.502 e. The molecule has 0 spiro atoms. The first-order valence-electron chi connectivity index (χ1n) is 16.4. The van der Waals surface area contributed by atoms with Crippen molar-refractivity contribution in [3.05, 3.63) is 100 Å². The van der Waals surface area contributed by atoms with Crippen LogP contribution in [0.25, 0.3) is 6.08 Å². The lowest BCUT2D eigenvalue weighted by Gasteiger charge is -2.49. The van der Waals surface area contributed by atoms with Crippen molar-refractivity contribution in [1.29, 1.82) is 0 Å². The van der Waals surface area contributed by atoms with Crippen LogP contribution in [-0.4, -0.2) is 66.1 Å². The summed E-state index contributed by atoms with van der Waals surface area (Å²) in [4.78, 5) is 70.2. The maximum atomic E-state index is 15.1. The first-order valence-corrected chi connectivity index (χ1v) is 16.8. The maximum absolute atomic E-state index is 15.1. The Labute approximate surface area is 302 Å². The predicted octanol–water partition coefficient (Wildman–Crippen LogP) is 5.50. The molecule has 2 aliphatic carbocycles. The number of hydrogen-bond acceptors (Lipinski definition) is 10. The molecular weight excluding hydrogens is 697 g/mol. The number of aromatic hydroxyl groups is 1. The van der Waals surface area contributed by atoms with Gasteiger partial charge in [-0.2, -0.15) is 9.91 Å². The molecular formula is C38H33ClFN3O9. The highest BCUT2D eigenvalue weighted by atomic mass is 35.5. The second-order valence-electron chi connectivity index (χ2n) is 13.0. The van der Waals surface area contributed by atoms with Crippen LogP contribution in [0.15, 0.2) is 78.4 Å². The van der Waals surface area contributed by atoms with Crippen molar-refractivity contribution in [2.45, 2.75) is 18.3 Å². The second-order valence-corrected chi connectivity index (χ2v) is 13.5. The van der Waals surface area contributed by atoms with Crippen molar-refractivity contribution in [3.8, 4) is 17.2 Å². The van der Waals surface area contributed by atoms with Crippen LogP contribution in [0.1, 0.15) is 24.0 Å². The Morgan fingerprint density at radius 3 is 2.21 bits per heavy atom. The summed E-state index contributed by atoms with van der Waals surface area (Å²) in [7, 11) is 3.86. The zero-order valence-corrected chi connectivity index (χ0v) is 28.9. The number of amides is 5. The minimum atomic E-state index is -1.60. The van der Waals surface area contributed by atoms with Gasteiger partial charge < -0.3 is 19.3 Å². The summed E-state index contributed by atoms with van der Waals surface area (Å²) in [5, 5.41) is 11.9. The number of carbonyl (C=O) groups excluding carboxylic acids is 5. The van der Waals surface area contributed by atoms with Crippen molar-refractivity contribution in [2.24, 2.45) is 29.6 Å². The molecule has 6 atom stereocenters. The molecule has 7 rings (SSSR count). The number of imide groups is 4. The molecule has 6 unspecified atom stereocenters. The number of nitrogens with zero attached hydrogens (tertiary/aromatic N) is 2. The van der Waals surface area contributed by atoms with E-state index in [1.54, 1.807) is 48.6 Å². The molecule has 3 fully saturated rings. The molecule has 2 N–H and O–H groups in total. The quantitative estimate of drug-likeness (QED) is 0.236. The monoisotopic (exact) mass is 729 g/mol. The largest absolute Gasteiger partial charge is 0.502 e. The third-order valence-corrected chi connectivity index (χ3v) is 10.9. The van der Waals surface area contributed by atoms with Crippen LogP contribution in [0.4, 0.5) is 14.9 Å². The standard InChI is InChI=1S/C38H33ClFN3O9/c1-50-29-16-19(17-30(51-2)32(29)44)4-15-27-24-13-14-25-31(35(47)42(33(25)45)37(49)52-3)26(24)18-28-34(46)43(41-23-11-9-22(40)10-12-23)36(48)38(27,28)20-5-7-21(39)8-6-20/h4-13,15-17,25-28,31,41,44H,14,18H2,1-3H3. The number of methoxy groups -OCH3 is 3. The van der Waals surface area contributed by atoms with Gasteiger partial charge in [0, 0.05) is 10.9 Å². The number of phenols is 1. The van der Waals surface area contributed by atoms with Gasteiger partial charge in [-0.25, -0.2) is 9.18 Å². The average molecular weight is 730 g/mol. The van der Waals surface area contributed by atoms with Gasteiger partial charge >= 0.3 is 6.09 Å². The highest BCUT2D eigenvalue weighted by Crippen LogP contribution is 2.61. The fourth-order valence-electron chi connectivity index (χ4n) is 8.39. The summed E-state index contributed by atoms with van der Waals surface area (Å²) in [6.07, 6.45) is 4.28. The Bertz CT molecular complexity index is 2040. The third kappa shape index (κ3) is 5.21. The maximum Gasteiger partial charge on any atom is 0.423 e. The average Bonchev–Trinajstić information content (AvgIpc) is 3.53. The van der Waals surface area contributed by atoms with E-state index in [2.05, 4.69) is 5.43 Å². The zero-order chi connectivity index (χ0) is 37.1. The van der Waals surface area contributed by atoms with Gasteiger partial charge in [0.1, 0.15) is 5.82 Å². The Morgan fingerprint density at radius 1 is 0.942 bits per heavy atom. The van der Waals surface area contributed by atoms with Gasteiger partial charge in [0.25, 0.3) is 11.8 Å². The summed E-state index contributed by atoms with van der Waals surface area (Å²) in [6, 6.07) is 14.9. The molecule has 0 aromatic heterocycles. The van der Waals surface area contributed by atoms with Crippen LogP contribution >= 0.6 is 11.6 Å². The number of phenolic OH excluding ortho intramolecular Hbond substituents is 1. The number of ether oxygens (including phenoxy) is 3. The number of halogens is 2. The van der Waals surface area contributed by atoms with E-state index in [0.29, 0.717) is 26.6 Å². The fraction of sp³-hybridized carbons (Fsp3) is 0.289. The number of likely N-dealkylation sites (tertiary alicyclic amines) is 1. The first-order chi connectivity index (χ1) is 25.0. The van der Waals surface area contributed by atoms with E-state index in [9.17, 15) is 28.7 Å². The van der Waals surface area contributed by atoms with Gasteiger partial charge in [0.05, 0.1) is 50.2 Å². The van der Waals surface area contributed by atoms with Crippen molar-refractivity contribution < 1.29 is 47.7 Å². The van der Waals surface area contributed by atoms with E-state index in [1.807, 2.05) is 6.08 Å². The lowest BCUT2D eigenvalue weighted by Crippen LogP contribution is -2.54. The van der Waals surface area contributed by atoms with Crippen LogP contribution in [0.5, 0.6) is 17.2 Å². The molecule has 12 nitrogen and oxygen atoms in total. The molecule has 268 valence electrons. The number of carbonyl (C=O) groups is 5. The molecule has 1 saturated carbocycles. The molecule has 0 radical (unpaired) electrons. The van der Waals surface area contributed by atoms with Crippen molar-refractivity contribution in [1.82, 2.24) is 9.91 Å². The Hall–Kier alpha value is -5.69. The lowest BCUT2D eigenvalue weighted by atomic mass is 9.50. The minimum absolute atomic E-state index is 0.0129. The number of hydrogen-bond donors (Lipinski definition) is 2. The molecule has 5 amide bonds. The third-order valence-electron chi connectivity index (χ3n) is 10.7. The SMILES string of the molecule is COC(=O)N1C(=O)C2CC=C3C(CC4C(=O)N(Nc5ccc(F)cc5)C(=O)C4(c4ccc(Cl)cc4)C3C=Cc3cc(OC)c(O)c(OC)c3)C2C1=O. The van der Waals surface area contributed by atoms with Gasteiger partial charge in [0.2, 0.25) is 17.6 Å². The number of benzene rings is 3. The van der Waals surface area contributed by atoms with Gasteiger partial charge in [0.15, 0.2) is 11.5 Å². The highest BCUT2D eigenvalue weighted by molar-refractivity contribution is 6.30. The molecule has 0 bridgehead atoms. The van der Waals surface area contributed by atoms with E-state index in [1.165, 1.54) is 38.5 Å². The number of allylic oxidation sites excluding steroid dienone is 3. The van der Waals surface area contributed by atoms with Crippen molar-refractivity contribution in [2.75, 3.05) is 26.8 Å². The topological polar surface area (TPSA) is 152 Å². The van der Waals surface area contributed by atoms with Gasteiger partial charge in [-0.3, -0.25) is 24.6 Å². The first kappa shape index (κ1) is 34.7. The predicted molar refractivity (Wildman–Crippen MR) is 184 cm³/mol. The Kier molecular flexibility index (Phi) is 8.77. The molecule has 3 aromatic carbocycles. The smallest absolute Gasteiger partial charge is 0.423 e. The van der Waals surface area contributed by atoms with Crippen LogP contribution in [0.2, 0.25) is 5.02 Å². The fourth-order valence-corrected chi connectivity index (χ4v) is 8.52. The zero-order valence-electron chi connectivity index (χ0n) is 28.2. The van der Waals surface area contributed by atoms with Gasteiger partial charge in [-0.1, -0.05) is 47.5 Å². The molecule has 2 saturated heterocycles. The summed E-state index contributed by atoms with van der Waals surface area (Å²) < 4.78 is 29.3.